The van der Waals surface area contributed by atoms with Gasteiger partial charge in [-0.15, -0.1) is 0 Å². The van der Waals surface area contributed by atoms with E-state index in [1.54, 1.807) is 0 Å². The van der Waals surface area contributed by atoms with Crippen LogP contribution >= 0.6 is 0 Å². The van der Waals surface area contributed by atoms with Gasteiger partial charge in [0.1, 0.15) is 0 Å². The minimum absolute atomic E-state index is 0.160. The molecule has 0 aromatic carbocycles. The monoisotopic (exact) mass is 154 g/mol. The second kappa shape index (κ2) is 2.81. The van der Waals surface area contributed by atoms with Crippen LogP contribution in [0.1, 0.15) is 25.7 Å². The van der Waals surface area contributed by atoms with Crippen molar-refractivity contribution in [2.24, 2.45) is 0 Å². The number of nitrogens with one attached hydrogen (secondary N) is 2. The highest BCUT2D eigenvalue weighted by Crippen LogP contribution is 2.19. The van der Waals surface area contributed by atoms with E-state index < -0.39 is 0 Å². The van der Waals surface area contributed by atoms with Crippen LogP contribution < -0.4 is 10.6 Å². The second-order valence-corrected chi connectivity index (χ2v) is 3.45. The average Bonchev–Trinajstić information content (AvgIpc) is 2.04. The molecule has 2 aliphatic rings. The first-order valence-electron chi connectivity index (χ1n) is 4.39. The van der Waals surface area contributed by atoms with Crippen molar-refractivity contribution in [3.63, 3.8) is 0 Å². The van der Waals surface area contributed by atoms with E-state index in [1.165, 1.54) is 19.3 Å². The maximum absolute atomic E-state index is 10.9. The highest BCUT2D eigenvalue weighted by Gasteiger charge is 2.29. The zero-order valence-electron chi connectivity index (χ0n) is 6.60. The first-order valence-corrected chi connectivity index (χ1v) is 4.39. The molecule has 1 heterocycles. The molecule has 3 nitrogen and oxygen atoms in total. The molecular formula is C8H14N2O. The van der Waals surface area contributed by atoms with Gasteiger partial charge in [0.05, 0.1) is 6.54 Å². The molecule has 0 spiro atoms. The SMILES string of the molecule is O=C1CN[C@H]2CCCC[C@H]2N1. The van der Waals surface area contributed by atoms with Crippen LogP contribution in [0.3, 0.4) is 0 Å². The van der Waals surface area contributed by atoms with Gasteiger partial charge in [-0.2, -0.15) is 0 Å². The third kappa shape index (κ3) is 1.38. The molecule has 0 unspecified atom stereocenters. The molecule has 1 saturated heterocycles. The van der Waals surface area contributed by atoms with E-state index in [1.807, 2.05) is 0 Å². The fourth-order valence-corrected chi connectivity index (χ4v) is 2.03. The molecule has 1 aliphatic heterocycles. The molecule has 3 heteroatoms. The fourth-order valence-electron chi connectivity index (χ4n) is 2.03. The van der Waals surface area contributed by atoms with E-state index in [0.29, 0.717) is 18.6 Å². The third-order valence-corrected chi connectivity index (χ3v) is 2.64. The molecule has 2 fully saturated rings. The summed E-state index contributed by atoms with van der Waals surface area (Å²) >= 11 is 0. The molecule has 62 valence electrons. The van der Waals surface area contributed by atoms with Crippen molar-refractivity contribution < 1.29 is 4.79 Å². The Labute approximate surface area is 66.5 Å². The number of carbonyl (C=O) groups is 1. The molecule has 1 amide bonds. The van der Waals surface area contributed by atoms with Gasteiger partial charge < -0.3 is 10.6 Å². The smallest absolute Gasteiger partial charge is 0.234 e. The van der Waals surface area contributed by atoms with Crippen molar-refractivity contribution in [1.82, 2.24) is 10.6 Å². The summed E-state index contributed by atoms with van der Waals surface area (Å²) in [4.78, 5) is 10.9. The summed E-state index contributed by atoms with van der Waals surface area (Å²) in [5, 5.41) is 6.28. The molecular weight excluding hydrogens is 140 g/mol. The quantitative estimate of drug-likeness (QED) is 0.516. The molecule has 0 bridgehead atoms. The lowest BCUT2D eigenvalue weighted by Crippen LogP contribution is -2.59. The fraction of sp³-hybridized carbons (Fsp3) is 0.875. The molecule has 1 saturated carbocycles. The lowest BCUT2D eigenvalue weighted by atomic mass is 9.89. The maximum atomic E-state index is 10.9. The standard InChI is InChI=1S/C8H14N2O/c11-8-5-9-6-3-1-2-4-7(6)10-8/h6-7,9H,1-5H2,(H,10,11)/t6-,7+/m0/s1. The van der Waals surface area contributed by atoms with E-state index in [0.717, 1.165) is 6.42 Å². The molecule has 11 heavy (non-hydrogen) atoms. The van der Waals surface area contributed by atoms with Gasteiger partial charge in [0.15, 0.2) is 0 Å². The van der Waals surface area contributed by atoms with E-state index in [-0.39, 0.29) is 5.91 Å². The summed E-state index contributed by atoms with van der Waals surface area (Å²) in [6, 6.07) is 0.978. The van der Waals surface area contributed by atoms with Crippen LogP contribution in [0.4, 0.5) is 0 Å². The number of rotatable bonds is 0. The Morgan fingerprint density at radius 1 is 1.18 bits per heavy atom. The normalized spacial score (nSPS) is 37.6. The van der Waals surface area contributed by atoms with Crippen LogP contribution in [0.5, 0.6) is 0 Å². The van der Waals surface area contributed by atoms with E-state index in [9.17, 15) is 4.79 Å². The van der Waals surface area contributed by atoms with Gasteiger partial charge in [-0.3, -0.25) is 4.79 Å². The molecule has 0 aromatic heterocycles. The van der Waals surface area contributed by atoms with Gasteiger partial charge in [-0.25, -0.2) is 0 Å². The van der Waals surface area contributed by atoms with Crippen LogP contribution in [-0.2, 0) is 4.79 Å². The Morgan fingerprint density at radius 3 is 2.73 bits per heavy atom. The number of hydrogen-bond acceptors (Lipinski definition) is 2. The van der Waals surface area contributed by atoms with Gasteiger partial charge in [0, 0.05) is 12.1 Å². The molecule has 0 radical (unpaired) electrons. The lowest BCUT2D eigenvalue weighted by molar-refractivity contribution is -0.123. The van der Waals surface area contributed by atoms with Gasteiger partial charge in [-0.05, 0) is 12.8 Å². The van der Waals surface area contributed by atoms with Gasteiger partial charge in [0.2, 0.25) is 5.91 Å². The minimum Gasteiger partial charge on any atom is -0.351 e. The molecule has 1 aliphatic carbocycles. The highest BCUT2D eigenvalue weighted by atomic mass is 16.2. The summed E-state index contributed by atoms with van der Waals surface area (Å²) in [6.45, 7) is 0.515. The summed E-state index contributed by atoms with van der Waals surface area (Å²) in [5.41, 5.74) is 0. The topological polar surface area (TPSA) is 41.1 Å². The Bertz CT molecular complexity index is 169. The number of carbonyl (C=O) groups excluding carboxylic acids is 1. The Hall–Kier alpha value is -0.570. The number of fused-ring (bicyclic) bond motifs is 1. The van der Waals surface area contributed by atoms with Gasteiger partial charge >= 0.3 is 0 Å². The van der Waals surface area contributed by atoms with Crippen molar-refractivity contribution in [2.45, 2.75) is 37.8 Å². The van der Waals surface area contributed by atoms with Gasteiger partial charge in [-0.1, -0.05) is 12.8 Å². The Balaban J connectivity index is 1.98. The largest absolute Gasteiger partial charge is 0.351 e. The number of amides is 1. The first-order chi connectivity index (χ1) is 5.36. The van der Waals surface area contributed by atoms with Crippen molar-refractivity contribution in [3.8, 4) is 0 Å². The molecule has 0 aromatic rings. The number of piperazine rings is 1. The lowest BCUT2D eigenvalue weighted by Gasteiger charge is -2.36. The summed E-state index contributed by atoms with van der Waals surface area (Å²) in [6.07, 6.45) is 4.96. The Kier molecular flexibility index (Phi) is 1.82. The maximum Gasteiger partial charge on any atom is 0.234 e. The van der Waals surface area contributed by atoms with Gasteiger partial charge in [0.25, 0.3) is 0 Å². The Morgan fingerprint density at radius 2 is 1.91 bits per heavy atom. The van der Waals surface area contributed by atoms with Crippen molar-refractivity contribution in [2.75, 3.05) is 6.54 Å². The van der Waals surface area contributed by atoms with Crippen LogP contribution in [-0.4, -0.2) is 24.5 Å². The van der Waals surface area contributed by atoms with Crippen molar-refractivity contribution >= 4 is 5.91 Å². The average molecular weight is 154 g/mol. The zero-order chi connectivity index (χ0) is 7.68. The third-order valence-electron chi connectivity index (χ3n) is 2.64. The minimum atomic E-state index is 0.160. The zero-order valence-corrected chi connectivity index (χ0v) is 6.60. The molecule has 2 N–H and O–H groups in total. The van der Waals surface area contributed by atoms with Crippen LogP contribution in [0.15, 0.2) is 0 Å². The second-order valence-electron chi connectivity index (χ2n) is 3.45. The predicted molar refractivity (Wildman–Crippen MR) is 42.2 cm³/mol. The molecule has 2 rings (SSSR count). The highest BCUT2D eigenvalue weighted by molar-refractivity contribution is 5.79. The first kappa shape index (κ1) is 7.10. The van der Waals surface area contributed by atoms with Crippen molar-refractivity contribution in [1.29, 1.82) is 0 Å². The molecule has 2 atom stereocenters. The van der Waals surface area contributed by atoms with E-state index in [2.05, 4.69) is 10.6 Å². The summed E-state index contributed by atoms with van der Waals surface area (Å²) in [5.74, 6) is 0.160. The van der Waals surface area contributed by atoms with E-state index >= 15 is 0 Å². The van der Waals surface area contributed by atoms with Crippen LogP contribution in [0, 0.1) is 0 Å². The van der Waals surface area contributed by atoms with Crippen LogP contribution in [0.2, 0.25) is 0 Å². The van der Waals surface area contributed by atoms with Crippen LogP contribution in [0.25, 0.3) is 0 Å². The number of hydrogen-bond donors (Lipinski definition) is 2. The van der Waals surface area contributed by atoms with E-state index in [4.69, 9.17) is 0 Å². The summed E-state index contributed by atoms with van der Waals surface area (Å²) in [7, 11) is 0. The summed E-state index contributed by atoms with van der Waals surface area (Å²) < 4.78 is 0. The van der Waals surface area contributed by atoms with Crippen molar-refractivity contribution in [3.05, 3.63) is 0 Å². The predicted octanol–water partition coefficient (Wildman–Crippen LogP) is 0.0170.